The van der Waals surface area contributed by atoms with Gasteiger partial charge < -0.3 is 20.6 Å². The van der Waals surface area contributed by atoms with Gasteiger partial charge in [-0.05, 0) is 32.1 Å². The molecule has 52 heavy (non-hydrogen) atoms. The highest BCUT2D eigenvalue weighted by molar-refractivity contribution is 5.76. The van der Waals surface area contributed by atoms with Crippen LogP contribution < -0.4 is 5.32 Å². The molecule has 0 aromatic heterocycles. The number of unbranched alkanes of at least 4 members (excludes halogenated alkanes) is 31. The summed E-state index contributed by atoms with van der Waals surface area (Å²) in [6.45, 7) is 4.16. The van der Waals surface area contributed by atoms with E-state index in [1.807, 2.05) is 6.08 Å². The molecule has 4 N–H and O–H groups in total. The monoisotopic (exact) mass is 734 g/mol. The van der Waals surface area contributed by atoms with Crippen LogP contribution in [0.4, 0.5) is 0 Å². The SMILES string of the molecule is CCCCC/C=C/CC/C=C/C(O)C(CO)NC(=O)CC(O)CCCCCCCCCCCCCCCCCCCCCCCCCCCCCC. The Morgan fingerprint density at radius 1 is 0.481 bits per heavy atom. The molecule has 0 radical (unpaired) electrons. The van der Waals surface area contributed by atoms with Gasteiger partial charge in [0.25, 0.3) is 0 Å². The molecule has 3 atom stereocenters. The number of amides is 1. The lowest BCUT2D eigenvalue weighted by atomic mass is 10.0. The van der Waals surface area contributed by atoms with Crippen LogP contribution in [0.1, 0.15) is 245 Å². The Balaban J connectivity index is 3.48. The first-order valence-electron chi connectivity index (χ1n) is 23.1. The topological polar surface area (TPSA) is 89.8 Å². The van der Waals surface area contributed by atoms with Gasteiger partial charge in [-0.25, -0.2) is 0 Å². The zero-order valence-electron chi connectivity index (χ0n) is 35.0. The van der Waals surface area contributed by atoms with Crippen molar-refractivity contribution in [1.82, 2.24) is 5.32 Å². The van der Waals surface area contributed by atoms with Crippen LogP contribution in [-0.2, 0) is 4.79 Å². The maximum atomic E-state index is 12.4. The molecular weight excluding hydrogens is 643 g/mol. The number of carbonyl (C=O) groups is 1. The molecule has 1 amide bonds. The average Bonchev–Trinajstić information content (AvgIpc) is 3.14. The van der Waals surface area contributed by atoms with Gasteiger partial charge in [0.1, 0.15) is 0 Å². The van der Waals surface area contributed by atoms with Gasteiger partial charge in [-0.2, -0.15) is 0 Å². The third-order valence-corrected chi connectivity index (χ3v) is 10.7. The summed E-state index contributed by atoms with van der Waals surface area (Å²) < 4.78 is 0. The fourth-order valence-corrected chi connectivity index (χ4v) is 7.18. The summed E-state index contributed by atoms with van der Waals surface area (Å²) in [4.78, 5) is 12.4. The summed E-state index contributed by atoms with van der Waals surface area (Å²) >= 11 is 0. The number of nitrogens with one attached hydrogen (secondary N) is 1. The van der Waals surface area contributed by atoms with Gasteiger partial charge in [-0.15, -0.1) is 0 Å². The van der Waals surface area contributed by atoms with Crippen molar-refractivity contribution in [3.05, 3.63) is 24.3 Å². The van der Waals surface area contributed by atoms with Crippen molar-refractivity contribution in [3.8, 4) is 0 Å². The minimum Gasteiger partial charge on any atom is -0.394 e. The number of rotatable bonds is 42. The zero-order chi connectivity index (χ0) is 38.0. The van der Waals surface area contributed by atoms with Crippen LogP contribution >= 0.6 is 0 Å². The van der Waals surface area contributed by atoms with E-state index in [0.29, 0.717) is 6.42 Å². The molecule has 0 bridgehead atoms. The minimum atomic E-state index is -0.946. The van der Waals surface area contributed by atoms with Gasteiger partial charge in [0.2, 0.25) is 5.91 Å². The van der Waals surface area contributed by atoms with Gasteiger partial charge in [-0.3, -0.25) is 4.79 Å². The number of aliphatic hydroxyl groups is 3. The molecule has 3 unspecified atom stereocenters. The quantitative estimate of drug-likeness (QED) is 0.0371. The van der Waals surface area contributed by atoms with Gasteiger partial charge in [-0.1, -0.05) is 231 Å². The lowest BCUT2D eigenvalue weighted by Gasteiger charge is -2.21. The van der Waals surface area contributed by atoms with E-state index in [2.05, 4.69) is 31.3 Å². The lowest BCUT2D eigenvalue weighted by Crippen LogP contribution is -2.45. The van der Waals surface area contributed by atoms with E-state index in [0.717, 1.165) is 32.1 Å². The fraction of sp³-hybridized carbons (Fsp3) is 0.894. The third kappa shape index (κ3) is 38.6. The normalized spacial score (nSPS) is 13.7. The Morgan fingerprint density at radius 3 is 1.23 bits per heavy atom. The molecule has 5 nitrogen and oxygen atoms in total. The number of hydrogen-bond acceptors (Lipinski definition) is 4. The van der Waals surface area contributed by atoms with Crippen LogP contribution in [0.25, 0.3) is 0 Å². The predicted molar refractivity (Wildman–Crippen MR) is 227 cm³/mol. The lowest BCUT2D eigenvalue weighted by molar-refractivity contribution is -0.124. The van der Waals surface area contributed by atoms with Crippen LogP contribution in [0.3, 0.4) is 0 Å². The van der Waals surface area contributed by atoms with Crippen LogP contribution in [0, 0.1) is 0 Å². The molecule has 0 aliphatic carbocycles. The molecule has 0 fully saturated rings. The fourth-order valence-electron chi connectivity index (χ4n) is 7.18. The molecule has 5 heteroatoms. The smallest absolute Gasteiger partial charge is 0.222 e. The van der Waals surface area contributed by atoms with E-state index in [1.165, 1.54) is 186 Å². The van der Waals surface area contributed by atoms with Crippen molar-refractivity contribution in [3.63, 3.8) is 0 Å². The van der Waals surface area contributed by atoms with Gasteiger partial charge >= 0.3 is 0 Å². The molecule has 0 aliphatic rings. The van der Waals surface area contributed by atoms with Crippen molar-refractivity contribution in [1.29, 1.82) is 0 Å². The van der Waals surface area contributed by atoms with E-state index in [1.54, 1.807) is 6.08 Å². The Kier molecular flexibility index (Phi) is 41.6. The first-order chi connectivity index (χ1) is 25.5. The summed E-state index contributed by atoms with van der Waals surface area (Å²) in [6, 6.07) is -0.755. The zero-order valence-corrected chi connectivity index (χ0v) is 35.0. The number of carbonyl (C=O) groups excluding carboxylic acids is 1. The van der Waals surface area contributed by atoms with Crippen LogP contribution in [0.2, 0.25) is 0 Å². The van der Waals surface area contributed by atoms with E-state index < -0.39 is 18.2 Å². The largest absolute Gasteiger partial charge is 0.394 e. The predicted octanol–water partition coefficient (Wildman–Crippen LogP) is 13.4. The molecule has 308 valence electrons. The third-order valence-electron chi connectivity index (χ3n) is 10.7. The van der Waals surface area contributed by atoms with E-state index in [9.17, 15) is 20.1 Å². The number of hydrogen-bond donors (Lipinski definition) is 4. The Hall–Kier alpha value is -1.17. The van der Waals surface area contributed by atoms with Gasteiger partial charge in [0, 0.05) is 0 Å². The standard InChI is InChI=1S/C47H91NO4/c1-3-5-7-9-11-13-14-15-16-17-18-19-20-21-22-23-24-25-26-27-28-29-30-31-33-34-36-38-40-44(50)42-47(52)48-45(43-49)46(51)41-39-37-35-32-12-10-8-6-4-2/h12,32,39,41,44-46,49-51H,3-11,13-31,33-38,40,42-43H2,1-2H3,(H,48,52)/b32-12+,41-39+. The van der Waals surface area contributed by atoms with Crippen LogP contribution in [-0.4, -0.2) is 46.1 Å². The Labute approximate surface area is 324 Å². The van der Waals surface area contributed by atoms with E-state index >= 15 is 0 Å². The highest BCUT2D eigenvalue weighted by Gasteiger charge is 2.20. The van der Waals surface area contributed by atoms with Crippen molar-refractivity contribution in [2.24, 2.45) is 0 Å². The molecule has 0 saturated heterocycles. The van der Waals surface area contributed by atoms with Gasteiger partial charge in [0.15, 0.2) is 0 Å². The molecule has 0 aromatic carbocycles. The van der Waals surface area contributed by atoms with Crippen molar-refractivity contribution >= 4 is 5.91 Å². The van der Waals surface area contributed by atoms with Gasteiger partial charge in [0.05, 0.1) is 31.3 Å². The van der Waals surface area contributed by atoms with E-state index in [-0.39, 0.29) is 18.9 Å². The highest BCUT2D eigenvalue weighted by atomic mass is 16.3. The number of aliphatic hydroxyl groups excluding tert-OH is 3. The molecule has 0 heterocycles. The summed E-state index contributed by atoms with van der Waals surface area (Å²) in [7, 11) is 0. The van der Waals surface area contributed by atoms with E-state index in [4.69, 9.17) is 0 Å². The molecule has 0 aromatic rings. The second-order valence-corrected chi connectivity index (χ2v) is 16.0. The average molecular weight is 734 g/mol. The molecule has 0 rings (SSSR count). The van der Waals surface area contributed by atoms with Crippen molar-refractivity contribution in [2.45, 2.75) is 263 Å². The van der Waals surface area contributed by atoms with Crippen LogP contribution in [0.5, 0.6) is 0 Å². The molecule has 0 aliphatic heterocycles. The summed E-state index contributed by atoms with van der Waals surface area (Å²) in [5.41, 5.74) is 0. The highest BCUT2D eigenvalue weighted by Crippen LogP contribution is 2.17. The maximum Gasteiger partial charge on any atom is 0.222 e. The van der Waals surface area contributed by atoms with Crippen LogP contribution in [0.15, 0.2) is 24.3 Å². The Morgan fingerprint density at radius 2 is 0.827 bits per heavy atom. The summed E-state index contributed by atoms with van der Waals surface area (Å²) in [6.07, 6.45) is 52.2. The van der Waals surface area contributed by atoms with Crippen molar-refractivity contribution < 1.29 is 20.1 Å². The minimum absolute atomic E-state index is 0.00919. The summed E-state index contributed by atoms with van der Waals surface area (Å²) in [5.74, 6) is -0.325. The first-order valence-corrected chi connectivity index (χ1v) is 23.1. The first kappa shape index (κ1) is 50.8. The Bertz CT molecular complexity index is 768. The van der Waals surface area contributed by atoms with Crippen molar-refractivity contribution in [2.75, 3.05) is 6.61 Å². The second-order valence-electron chi connectivity index (χ2n) is 16.0. The number of allylic oxidation sites excluding steroid dienone is 3. The maximum absolute atomic E-state index is 12.4. The second kappa shape index (κ2) is 42.6. The molecular formula is C47H91NO4. The molecule has 0 saturated carbocycles. The molecule has 0 spiro atoms. The summed E-state index contributed by atoms with van der Waals surface area (Å²) in [5, 5.41) is 33.0.